The second-order valence-corrected chi connectivity index (χ2v) is 7.57. The Balaban J connectivity index is 1.64. The van der Waals surface area contributed by atoms with E-state index in [1.165, 1.54) is 0 Å². The summed E-state index contributed by atoms with van der Waals surface area (Å²) < 4.78 is 0. The number of hydrogen-bond acceptors (Lipinski definition) is 6. The Kier molecular flexibility index (Phi) is 6.53. The number of H-pyrrole nitrogens is 1. The minimum absolute atomic E-state index is 0.0332. The van der Waals surface area contributed by atoms with E-state index in [0.717, 1.165) is 28.6 Å². The second kappa shape index (κ2) is 9.27. The Bertz CT molecular complexity index is 1150. The number of carbonyl (C=O) groups is 2. The molecule has 3 rings (SSSR count). The van der Waals surface area contributed by atoms with E-state index in [-0.39, 0.29) is 28.3 Å². The molecular weight excluding hydrogens is 402 g/mol. The van der Waals surface area contributed by atoms with Gasteiger partial charge in [-0.05, 0) is 37.6 Å². The fourth-order valence-corrected chi connectivity index (χ4v) is 3.38. The van der Waals surface area contributed by atoms with E-state index >= 15 is 0 Å². The van der Waals surface area contributed by atoms with Crippen molar-refractivity contribution < 1.29 is 9.59 Å². The number of aromatic amines is 1. The van der Waals surface area contributed by atoms with Gasteiger partial charge < -0.3 is 16.4 Å². The Hall–Kier alpha value is -3.59. The van der Waals surface area contributed by atoms with E-state index in [2.05, 4.69) is 20.6 Å². The maximum atomic E-state index is 12.3. The number of carbonyl (C=O) groups excluding carboxylic acids is 2. The van der Waals surface area contributed by atoms with E-state index in [9.17, 15) is 14.4 Å². The monoisotopic (exact) mass is 423 g/mol. The lowest BCUT2D eigenvalue weighted by atomic mass is 10.1. The molecule has 8 nitrogen and oxygen atoms in total. The first-order valence-electron chi connectivity index (χ1n) is 9.09. The molecular formula is C21H21N5O3S. The fourth-order valence-electron chi connectivity index (χ4n) is 2.71. The summed E-state index contributed by atoms with van der Waals surface area (Å²) >= 11 is 1.04. The Morgan fingerprint density at radius 3 is 2.50 bits per heavy atom. The summed E-state index contributed by atoms with van der Waals surface area (Å²) in [6, 6.07) is 14.2. The van der Waals surface area contributed by atoms with Crippen LogP contribution in [-0.2, 0) is 4.79 Å². The summed E-state index contributed by atoms with van der Waals surface area (Å²) in [5.74, 6) is -0.802. The van der Waals surface area contributed by atoms with Crippen LogP contribution in [0.5, 0.6) is 0 Å². The van der Waals surface area contributed by atoms with Crippen LogP contribution in [0.1, 0.15) is 21.5 Å². The molecule has 0 atom stereocenters. The zero-order valence-corrected chi connectivity index (χ0v) is 17.3. The van der Waals surface area contributed by atoms with Crippen LogP contribution in [-0.4, -0.2) is 27.5 Å². The lowest BCUT2D eigenvalue weighted by Gasteiger charge is -2.10. The van der Waals surface area contributed by atoms with Crippen LogP contribution in [0.25, 0.3) is 0 Å². The molecule has 154 valence electrons. The summed E-state index contributed by atoms with van der Waals surface area (Å²) in [7, 11) is 0. The van der Waals surface area contributed by atoms with Gasteiger partial charge in [0.2, 0.25) is 5.91 Å². The molecule has 0 bridgehead atoms. The Labute approximate surface area is 177 Å². The van der Waals surface area contributed by atoms with Crippen LogP contribution in [0.2, 0.25) is 0 Å². The van der Waals surface area contributed by atoms with Crippen molar-refractivity contribution in [3.05, 3.63) is 75.6 Å². The zero-order valence-electron chi connectivity index (χ0n) is 16.5. The van der Waals surface area contributed by atoms with Gasteiger partial charge in [0.1, 0.15) is 5.69 Å². The number of benzene rings is 2. The van der Waals surface area contributed by atoms with Crippen LogP contribution >= 0.6 is 11.8 Å². The number of nitrogen functional groups attached to an aromatic ring is 1. The normalized spacial score (nSPS) is 10.5. The van der Waals surface area contributed by atoms with E-state index in [1.54, 1.807) is 30.3 Å². The molecule has 0 aliphatic carbocycles. The number of aromatic nitrogens is 2. The Morgan fingerprint density at radius 1 is 1.10 bits per heavy atom. The minimum Gasteiger partial charge on any atom is -0.382 e. The van der Waals surface area contributed by atoms with Crippen molar-refractivity contribution in [2.24, 2.45) is 0 Å². The standard InChI is InChI=1S/C21H21N5O3S/c1-12-8-9-15(13(2)10-12)23-16(27)11-30-21-25-18(22)17(20(29)26-21)24-19(28)14-6-4-3-5-7-14/h3-10H,11H2,1-2H3,(H,23,27)(H,24,28)(H3,22,25,26,29). The van der Waals surface area contributed by atoms with Crippen molar-refractivity contribution in [2.45, 2.75) is 19.0 Å². The number of anilines is 3. The first-order valence-corrected chi connectivity index (χ1v) is 10.1. The lowest BCUT2D eigenvalue weighted by Crippen LogP contribution is -2.23. The number of rotatable bonds is 6. The maximum absolute atomic E-state index is 12.3. The van der Waals surface area contributed by atoms with Gasteiger partial charge >= 0.3 is 0 Å². The smallest absolute Gasteiger partial charge is 0.277 e. The summed E-state index contributed by atoms with van der Waals surface area (Å²) in [4.78, 5) is 43.4. The van der Waals surface area contributed by atoms with Crippen molar-refractivity contribution in [2.75, 3.05) is 22.1 Å². The first-order chi connectivity index (χ1) is 14.3. The van der Waals surface area contributed by atoms with Gasteiger partial charge in [-0.3, -0.25) is 19.4 Å². The number of amides is 2. The maximum Gasteiger partial charge on any atom is 0.277 e. The lowest BCUT2D eigenvalue weighted by molar-refractivity contribution is -0.113. The molecule has 2 amide bonds. The number of thioether (sulfide) groups is 1. The molecule has 9 heteroatoms. The number of nitrogens with two attached hydrogens (primary N) is 1. The number of hydrogen-bond donors (Lipinski definition) is 4. The number of nitrogens with one attached hydrogen (secondary N) is 3. The zero-order chi connectivity index (χ0) is 21.7. The van der Waals surface area contributed by atoms with Crippen molar-refractivity contribution in [1.82, 2.24) is 9.97 Å². The van der Waals surface area contributed by atoms with Gasteiger partial charge in [-0.15, -0.1) is 0 Å². The van der Waals surface area contributed by atoms with Gasteiger partial charge in [-0.1, -0.05) is 47.7 Å². The fraction of sp³-hybridized carbons (Fsp3) is 0.143. The highest BCUT2D eigenvalue weighted by atomic mass is 32.2. The summed E-state index contributed by atoms with van der Waals surface area (Å²) in [6.07, 6.45) is 0. The molecule has 0 aliphatic heterocycles. The summed E-state index contributed by atoms with van der Waals surface area (Å²) in [5.41, 5.74) is 8.31. The van der Waals surface area contributed by atoms with E-state index in [0.29, 0.717) is 5.56 Å². The molecule has 0 spiro atoms. The van der Waals surface area contributed by atoms with Crippen LogP contribution in [0.3, 0.4) is 0 Å². The van der Waals surface area contributed by atoms with E-state index < -0.39 is 11.5 Å². The van der Waals surface area contributed by atoms with Gasteiger partial charge in [0.05, 0.1) is 5.75 Å². The second-order valence-electron chi connectivity index (χ2n) is 6.61. The van der Waals surface area contributed by atoms with Gasteiger partial charge in [0.15, 0.2) is 11.0 Å². The highest BCUT2D eigenvalue weighted by Crippen LogP contribution is 2.19. The first kappa shape index (κ1) is 21.1. The van der Waals surface area contributed by atoms with Crippen LogP contribution in [0, 0.1) is 13.8 Å². The van der Waals surface area contributed by atoms with Crippen molar-refractivity contribution in [3.63, 3.8) is 0 Å². The molecule has 3 aromatic rings. The van der Waals surface area contributed by atoms with Crippen molar-refractivity contribution >= 4 is 40.8 Å². The van der Waals surface area contributed by atoms with Crippen LogP contribution < -0.4 is 21.9 Å². The molecule has 2 aromatic carbocycles. The summed E-state index contributed by atoms with van der Waals surface area (Å²) in [6.45, 7) is 3.89. The molecule has 0 saturated carbocycles. The largest absolute Gasteiger partial charge is 0.382 e. The average Bonchev–Trinajstić information content (AvgIpc) is 2.72. The number of aryl methyl sites for hydroxylation is 2. The van der Waals surface area contributed by atoms with E-state index in [4.69, 9.17) is 5.73 Å². The van der Waals surface area contributed by atoms with Crippen molar-refractivity contribution in [1.29, 1.82) is 0 Å². The van der Waals surface area contributed by atoms with Gasteiger partial charge in [-0.25, -0.2) is 4.98 Å². The van der Waals surface area contributed by atoms with Crippen LogP contribution in [0.4, 0.5) is 17.2 Å². The Morgan fingerprint density at radius 2 is 1.83 bits per heavy atom. The highest BCUT2D eigenvalue weighted by molar-refractivity contribution is 7.99. The van der Waals surface area contributed by atoms with Gasteiger partial charge in [-0.2, -0.15) is 0 Å². The molecule has 0 aliphatic rings. The topological polar surface area (TPSA) is 130 Å². The average molecular weight is 423 g/mol. The SMILES string of the molecule is Cc1ccc(NC(=O)CSc2nc(N)c(NC(=O)c3ccccc3)c(=O)[nH]2)c(C)c1. The minimum atomic E-state index is -0.593. The molecule has 1 heterocycles. The van der Waals surface area contributed by atoms with E-state index in [1.807, 2.05) is 32.0 Å². The predicted molar refractivity (Wildman–Crippen MR) is 119 cm³/mol. The number of nitrogens with zero attached hydrogens (tertiary/aromatic N) is 1. The molecule has 0 unspecified atom stereocenters. The molecule has 0 radical (unpaired) electrons. The molecule has 0 fully saturated rings. The third-order valence-corrected chi connectivity index (χ3v) is 5.07. The predicted octanol–water partition coefficient (Wildman–Crippen LogP) is 2.95. The molecule has 0 saturated heterocycles. The quantitative estimate of drug-likeness (QED) is 0.356. The van der Waals surface area contributed by atoms with Gasteiger partial charge in [0, 0.05) is 11.3 Å². The van der Waals surface area contributed by atoms with Gasteiger partial charge in [0.25, 0.3) is 11.5 Å². The van der Waals surface area contributed by atoms with Crippen LogP contribution in [0.15, 0.2) is 58.5 Å². The highest BCUT2D eigenvalue weighted by Gasteiger charge is 2.15. The third kappa shape index (κ3) is 5.26. The summed E-state index contributed by atoms with van der Waals surface area (Å²) in [5, 5.41) is 5.48. The molecule has 1 aromatic heterocycles. The molecule has 5 N–H and O–H groups in total. The van der Waals surface area contributed by atoms with Crippen molar-refractivity contribution in [3.8, 4) is 0 Å². The molecule has 30 heavy (non-hydrogen) atoms. The third-order valence-electron chi connectivity index (χ3n) is 4.20.